The number of hydrogen-bond acceptors (Lipinski definition) is 1. The van der Waals surface area contributed by atoms with Gasteiger partial charge in [-0.15, -0.1) is 0 Å². The van der Waals surface area contributed by atoms with Crippen LogP contribution in [0.1, 0.15) is 6.85 Å². The Balaban J connectivity index is 0.912. The summed E-state index contributed by atoms with van der Waals surface area (Å²) in [7, 11) is 0. The van der Waals surface area contributed by atoms with Gasteiger partial charge >= 0.3 is 0 Å². The molecule has 2 aromatic heterocycles. The van der Waals surface area contributed by atoms with Gasteiger partial charge in [0.05, 0.1) is 17.9 Å². The van der Waals surface area contributed by atoms with E-state index in [1.54, 1.807) is 0 Å². The minimum absolute atomic E-state index is 0.193. The van der Waals surface area contributed by atoms with Crippen LogP contribution >= 0.6 is 0 Å². The largest absolute Gasteiger partial charge is 0.456 e. The molecule has 66 heavy (non-hydrogen) atoms. The molecule has 0 aliphatic carbocycles. The first kappa shape index (κ1) is 32.0. The molecule has 0 aliphatic rings. The predicted molar refractivity (Wildman–Crippen MR) is 280 cm³/mol. The Morgan fingerprint density at radius 1 is 0.288 bits per heavy atom. The molecular formula is C64H39NO. The lowest BCUT2D eigenvalue weighted by Crippen LogP contribution is -1.94. The Morgan fingerprint density at radius 3 is 1.18 bits per heavy atom. The average Bonchev–Trinajstić information content (AvgIpc) is 3.96. The van der Waals surface area contributed by atoms with Gasteiger partial charge in [-0.05, 0) is 136 Å². The van der Waals surface area contributed by atoms with E-state index in [9.17, 15) is 0 Å². The topological polar surface area (TPSA) is 18.1 Å². The van der Waals surface area contributed by atoms with Crippen LogP contribution in [0.3, 0.4) is 0 Å². The molecule has 0 spiro atoms. The van der Waals surface area contributed by atoms with E-state index in [-0.39, 0.29) is 29.7 Å². The first-order valence-electron chi connectivity index (χ1n) is 24.8. The Labute approximate surface area is 387 Å². The van der Waals surface area contributed by atoms with E-state index in [2.05, 4.69) is 162 Å². The molecule has 14 rings (SSSR count). The first-order valence-corrected chi connectivity index (χ1v) is 22.3. The maximum Gasteiger partial charge on any atom is 0.136 e. The normalized spacial score (nSPS) is 13.0. The Morgan fingerprint density at radius 2 is 0.682 bits per heavy atom. The summed E-state index contributed by atoms with van der Waals surface area (Å²) in [6.07, 6.45) is 0. The molecule has 0 saturated heterocycles. The summed E-state index contributed by atoms with van der Waals surface area (Å²) < 4.78 is 52.3. The van der Waals surface area contributed by atoms with Crippen LogP contribution in [0.2, 0.25) is 0 Å². The van der Waals surface area contributed by atoms with Crippen molar-refractivity contribution in [2.75, 3.05) is 0 Å². The number of benzene rings is 12. The van der Waals surface area contributed by atoms with Gasteiger partial charge in [0, 0.05) is 27.2 Å². The van der Waals surface area contributed by atoms with Crippen molar-refractivity contribution >= 4 is 86.8 Å². The minimum Gasteiger partial charge on any atom is -0.456 e. The van der Waals surface area contributed by atoms with E-state index in [1.165, 1.54) is 54.5 Å². The van der Waals surface area contributed by atoms with E-state index in [0.717, 1.165) is 71.4 Å². The van der Waals surface area contributed by atoms with Crippen LogP contribution in [0.5, 0.6) is 0 Å². The number of nitrogens with zero attached hydrogens (tertiary/aromatic N) is 1. The molecule has 14 aromatic rings. The van der Waals surface area contributed by atoms with Crippen LogP contribution in [-0.2, 0) is 0 Å². The molecule has 0 bridgehead atoms. The summed E-state index contributed by atoms with van der Waals surface area (Å²) in [6.45, 7) is 0. The van der Waals surface area contributed by atoms with Crippen molar-refractivity contribution in [1.82, 2.24) is 4.57 Å². The zero-order valence-electron chi connectivity index (χ0n) is 40.5. The fraction of sp³-hybridized carbons (Fsp3) is 0. The van der Waals surface area contributed by atoms with Gasteiger partial charge in [-0.3, -0.25) is 0 Å². The number of para-hydroxylation sites is 2. The monoisotopic (exact) mass is 842 g/mol. The van der Waals surface area contributed by atoms with Gasteiger partial charge < -0.3 is 8.98 Å². The lowest BCUT2D eigenvalue weighted by atomic mass is 9.85. The molecule has 12 aromatic carbocycles. The molecule has 0 saturated carbocycles. The van der Waals surface area contributed by atoms with Crippen molar-refractivity contribution in [3.8, 4) is 50.2 Å². The van der Waals surface area contributed by atoms with Gasteiger partial charge in [-0.25, -0.2) is 0 Å². The highest BCUT2D eigenvalue weighted by molar-refractivity contribution is 6.24. The van der Waals surface area contributed by atoms with Crippen LogP contribution in [-0.4, -0.2) is 4.57 Å². The van der Waals surface area contributed by atoms with Gasteiger partial charge in [0.25, 0.3) is 0 Å². The lowest BCUT2D eigenvalue weighted by Gasteiger charge is -2.18. The Hall–Kier alpha value is -8.72. The minimum atomic E-state index is -0.408. The summed E-state index contributed by atoms with van der Waals surface area (Å²) in [5.74, 6) is 0. The molecule has 0 aliphatic heterocycles. The summed E-state index contributed by atoms with van der Waals surface area (Å²) >= 11 is 0. The first-order chi connectivity index (χ1) is 34.8. The molecule has 0 unspecified atom stereocenters. The van der Waals surface area contributed by atoms with Gasteiger partial charge in [0.2, 0.25) is 0 Å². The second kappa shape index (κ2) is 14.4. The van der Waals surface area contributed by atoms with Gasteiger partial charge in [-0.2, -0.15) is 0 Å². The molecule has 0 radical (unpaired) electrons. The van der Waals surface area contributed by atoms with E-state index >= 15 is 0 Å². The zero-order chi connectivity index (χ0) is 47.6. The molecule has 2 heteroatoms. The highest BCUT2D eigenvalue weighted by atomic mass is 16.3. The van der Waals surface area contributed by atoms with Crippen molar-refractivity contribution in [2.24, 2.45) is 0 Å². The van der Waals surface area contributed by atoms with Gasteiger partial charge in [0.15, 0.2) is 0 Å². The molecule has 2 nitrogen and oxygen atoms in total. The van der Waals surface area contributed by atoms with Crippen LogP contribution in [0.15, 0.2) is 241 Å². The Kier molecular flexibility index (Phi) is 6.99. The SMILES string of the molecule is [2H]c1c([2H])c([2H])c(-c2c3ccccc3c(-c3ccc4c(c3)oc3ccc(-c5c6ccccc6c(-c6ccc(-n7c8ccccc8c8ccccc87)cc6)c6ccccc56)cc34)c3ccccc23)c([2H])c1[2H]. The highest BCUT2D eigenvalue weighted by Crippen LogP contribution is 2.47. The molecule has 0 atom stereocenters. The highest BCUT2D eigenvalue weighted by Gasteiger charge is 2.21. The molecule has 0 amide bonds. The number of furan rings is 1. The molecule has 0 N–H and O–H groups in total. The van der Waals surface area contributed by atoms with Crippen LogP contribution in [0.4, 0.5) is 0 Å². The summed E-state index contributed by atoms with van der Waals surface area (Å²) in [5.41, 5.74) is 12.4. The summed E-state index contributed by atoms with van der Waals surface area (Å²) in [4.78, 5) is 0. The summed E-state index contributed by atoms with van der Waals surface area (Å²) in [5, 5.41) is 12.7. The maximum absolute atomic E-state index is 8.96. The predicted octanol–water partition coefficient (Wildman–Crippen LogP) is 18.0. The Bertz CT molecular complexity index is 4390. The second-order valence-electron chi connectivity index (χ2n) is 17.1. The van der Waals surface area contributed by atoms with Crippen molar-refractivity contribution < 1.29 is 11.3 Å². The maximum atomic E-state index is 8.96. The number of aromatic nitrogens is 1. The van der Waals surface area contributed by atoms with Crippen LogP contribution < -0.4 is 0 Å². The number of fused-ring (bicyclic) bond motifs is 10. The van der Waals surface area contributed by atoms with E-state index in [0.29, 0.717) is 5.56 Å². The summed E-state index contributed by atoms with van der Waals surface area (Å²) in [6, 6.07) is 71.1. The van der Waals surface area contributed by atoms with Crippen molar-refractivity contribution in [3.63, 3.8) is 0 Å². The molecule has 0 fully saturated rings. The van der Waals surface area contributed by atoms with Crippen molar-refractivity contribution in [1.29, 1.82) is 0 Å². The fourth-order valence-corrected chi connectivity index (χ4v) is 10.9. The van der Waals surface area contributed by atoms with E-state index in [1.807, 2.05) is 48.5 Å². The molecular weight excluding hydrogens is 799 g/mol. The lowest BCUT2D eigenvalue weighted by molar-refractivity contribution is 0.669. The van der Waals surface area contributed by atoms with E-state index in [4.69, 9.17) is 11.3 Å². The third-order valence-electron chi connectivity index (χ3n) is 13.7. The van der Waals surface area contributed by atoms with Crippen molar-refractivity contribution in [3.05, 3.63) is 236 Å². The van der Waals surface area contributed by atoms with Gasteiger partial charge in [0.1, 0.15) is 11.2 Å². The molecule has 306 valence electrons. The van der Waals surface area contributed by atoms with Crippen LogP contribution in [0, 0.1) is 0 Å². The quantitative estimate of drug-likeness (QED) is 0.158. The van der Waals surface area contributed by atoms with E-state index < -0.39 is 6.04 Å². The van der Waals surface area contributed by atoms with Crippen LogP contribution in [0.25, 0.3) is 137 Å². The fourth-order valence-electron chi connectivity index (χ4n) is 10.9. The number of hydrogen-bond donors (Lipinski definition) is 0. The smallest absolute Gasteiger partial charge is 0.136 e. The average molecular weight is 843 g/mol. The van der Waals surface area contributed by atoms with Crippen molar-refractivity contribution in [2.45, 2.75) is 0 Å². The number of rotatable bonds is 5. The third kappa shape index (κ3) is 5.42. The standard InChI is InChI=1S/C64H39NO/c1-2-16-40(17-3-1)61-48-20-4-10-26-54(48)64(55-27-11-5-21-49(55)61)43-32-36-47-56-38-42(33-37-59(56)66-60(47)39-43)63-52-24-8-6-22-50(52)62(51-23-7-9-25-53(51)63)41-30-34-44(35-31-41)65-57-28-14-12-18-45(57)46-19-13-15-29-58(46)65/h1-39H/i1D,2D,3D,16D,17D. The third-order valence-corrected chi connectivity index (χ3v) is 13.7. The van der Waals surface area contributed by atoms with Gasteiger partial charge in [-0.1, -0.05) is 188 Å². The molecule has 2 heterocycles. The second-order valence-corrected chi connectivity index (χ2v) is 17.1. The zero-order valence-corrected chi connectivity index (χ0v) is 35.5.